The van der Waals surface area contributed by atoms with Gasteiger partial charge in [-0.2, -0.15) is 17.6 Å². The lowest BCUT2D eigenvalue weighted by Gasteiger charge is -2.38. The lowest BCUT2D eigenvalue weighted by Crippen LogP contribution is -2.42. The second-order valence-electron chi connectivity index (χ2n) is 10.6. The summed E-state index contributed by atoms with van der Waals surface area (Å²) in [5, 5.41) is 0. The van der Waals surface area contributed by atoms with Gasteiger partial charge in [-0.15, -0.1) is 0 Å². The Hall–Kier alpha value is -2.29. The fourth-order valence-corrected chi connectivity index (χ4v) is 5.67. The third-order valence-electron chi connectivity index (χ3n) is 7.88. The molecule has 0 unspecified atom stereocenters. The van der Waals surface area contributed by atoms with Gasteiger partial charge in [0.25, 0.3) is 0 Å². The number of ether oxygens (including phenoxy) is 2. The van der Waals surface area contributed by atoms with Gasteiger partial charge in [-0.05, 0) is 74.8 Å². The molecule has 0 radical (unpaired) electrons. The van der Waals surface area contributed by atoms with Crippen molar-refractivity contribution in [2.45, 2.75) is 95.4 Å². The van der Waals surface area contributed by atoms with Gasteiger partial charge in [-0.3, -0.25) is 0 Å². The molecule has 2 aromatic carbocycles. The number of halogens is 7. The molecule has 0 spiro atoms. The minimum absolute atomic E-state index is 0.0230. The van der Waals surface area contributed by atoms with Crippen molar-refractivity contribution in [3.05, 3.63) is 65.0 Å². The van der Waals surface area contributed by atoms with E-state index in [0.717, 1.165) is 12.8 Å². The van der Waals surface area contributed by atoms with E-state index in [1.807, 2.05) is 0 Å². The van der Waals surface area contributed by atoms with Crippen LogP contribution in [-0.2, 0) is 11.2 Å². The summed E-state index contributed by atoms with van der Waals surface area (Å²) in [5.41, 5.74) is 2.43. The van der Waals surface area contributed by atoms with Gasteiger partial charge >= 0.3 is 12.2 Å². The second-order valence-corrected chi connectivity index (χ2v) is 10.6. The van der Waals surface area contributed by atoms with Gasteiger partial charge in [0.15, 0.2) is 17.5 Å². The van der Waals surface area contributed by atoms with Gasteiger partial charge in [0.05, 0.1) is 17.9 Å². The summed E-state index contributed by atoms with van der Waals surface area (Å²) in [6.45, 7) is 2.12. The lowest BCUT2D eigenvalue weighted by molar-refractivity contribution is -0.305. The van der Waals surface area contributed by atoms with Crippen LogP contribution < -0.4 is 4.74 Å². The quantitative estimate of drug-likeness (QED) is 0.231. The van der Waals surface area contributed by atoms with Crippen molar-refractivity contribution in [2.75, 3.05) is 0 Å². The highest BCUT2D eigenvalue weighted by molar-refractivity contribution is 5.26. The molecule has 2 saturated carbocycles. The second kappa shape index (κ2) is 11.8. The lowest BCUT2D eigenvalue weighted by atomic mass is 9.78. The fourth-order valence-electron chi connectivity index (χ4n) is 5.67. The van der Waals surface area contributed by atoms with Crippen LogP contribution in [0.2, 0.25) is 0 Å². The molecule has 210 valence electrons. The molecule has 2 aliphatic rings. The van der Waals surface area contributed by atoms with E-state index in [1.165, 1.54) is 11.1 Å². The Morgan fingerprint density at radius 3 is 1.82 bits per heavy atom. The highest BCUT2D eigenvalue weighted by Gasteiger charge is 2.48. The number of rotatable bonds is 9. The van der Waals surface area contributed by atoms with E-state index in [0.29, 0.717) is 37.8 Å². The molecule has 4 rings (SSSR count). The van der Waals surface area contributed by atoms with Crippen LogP contribution in [-0.4, -0.2) is 18.3 Å². The minimum atomic E-state index is -3.81. The third-order valence-corrected chi connectivity index (χ3v) is 7.88. The van der Waals surface area contributed by atoms with Gasteiger partial charge in [-0.1, -0.05) is 37.6 Å². The summed E-state index contributed by atoms with van der Waals surface area (Å²) in [4.78, 5) is 0. The predicted octanol–water partition coefficient (Wildman–Crippen LogP) is 9.17. The van der Waals surface area contributed by atoms with Crippen molar-refractivity contribution < 1.29 is 40.2 Å². The van der Waals surface area contributed by atoms with Crippen LogP contribution in [0, 0.1) is 29.3 Å². The molecule has 0 bridgehead atoms. The first kappa shape index (κ1) is 28.7. The maximum atomic E-state index is 15.0. The monoisotopic (exact) mass is 546 g/mol. The average molecular weight is 547 g/mol. The molecule has 0 atom stereocenters. The molecular formula is C29H33F7O2. The Kier molecular flexibility index (Phi) is 8.95. The summed E-state index contributed by atoms with van der Waals surface area (Å²) < 4.78 is 109. The highest BCUT2D eigenvalue weighted by Crippen LogP contribution is 2.46. The Bertz CT molecular complexity index is 1030. The predicted molar refractivity (Wildman–Crippen MR) is 129 cm³/mol. The van der Waals surface area contributed by atoms with Crippen LogP contribution >= 0.6 is 0 Å². The standard InChI is InChI=1S/C29H33F7O2/c1-2-3-18-4-6-19(7-5-18)20-8-10-21(11-9-20)28(33,34)37-23-14-12-22(13-15-23)29(35,36)38-24-16-25(30)27(32)26(31)17-24/h4-7,16-17,20-23H,2-3,8-15H2,1H3. The molecule has 2 fully saturated rings. The molecule has 0 heterocycles. The van der Waals surface area contributed by atoms with E-state index in [1.54, 1.807) is 0 Å². The van der Waals surface area contributed by atoms with Crippen LogP contribution in [0.5, 0.6) is 5.75 Å². The summed E-state index contributed by atoms with van der Waals surface area (Å²) in [6, 6.07) is 9.07. The molecule has 2 aromatic rings. The molecule has 9 heteroatoms. The van der Waals surface area contributed by atoms with Crippen LogP contribution in [0.15, 0.2) is 36.4 Å². The summed E-state index contributed by atoms with van der Waals surface area (Å²) in [5.74, 6) is -7.96. The number of aryl methyl sites for hydroxylation is 1. The van der Waals surface area contributed by atoms with Gasteiger partial charge in [0.1, 0.15) is 5.75 Å². The van der Waals surface area contributed by atoms with E-state index in [-0.39, 0.29) is 31.6 Å². The number of alkyl halides is 4. The number of hydrogen-bond acceptors (Lipinski definition) is 2. The highest BCUT2D eigenvalue weighted by atomic mass is 19.3. The van der Waals surface area contributed by atoms with Crippen LogP contribution in [0.1, 0.15) is 81.8 Å². The summed E-state index contributed by atoms with van der Waals surface area (Å²) in [7, 11) is 0. The van der Waals surface area contributed by atoms with E-state index in [2.05, 4.69) is 35.9 Å². The molecule has 0 N–H and O–H groups in total. The SMILES string of the molecule is CCCc1ccc(C2CCC(C(F)(F)OC3CCC(C(F)(F)Oc4cc(F)c(F)c(F)c4)CC3)CC2)cc1. The van der Waals surface area contributed by atoms with E-state index < -0.39 is 53.4 Å². The first-order chi connectivity index (χ1) is 18.0. The van der Waals surface area contributed by atoms with Crippen LogP contribution in [0.4, 0.5) is 30.7 Å². The fraction of sp³-hybridized carbons (Fsp3) is 0.586. The molecule has 2 aliphatic carbocycles. The van der Waals surface area contributed by atoms with E-state index in [4.69, 9.17) is 4.74 Å². The zero-order valence-corrected chi connectivity index (χ0v) is 21.3. The smallest absolute Gasteiger partial charge is 0.400 e. The van der Waals surface area contributed by atoms with Gasteiger partial charge < -0.3 is 9.47 Å². The minimum Gasteiger partial charge on any atom is -0.432 e. The molecule has 0 aliphatic heterocycles. The first-order valence-electron chi connectivity index (χ1n) is 13.3. The third kappa shape index (κ3) is 6.82. The Morgan fingerprint density at radius 2 is 1.26 bits per heavy atom. The zero-order chi connectivity index (χ0) is 27.5. The zero-order valence-electron chi connectivity index (χ0n) is 21.3. The van der Waals surface area contributed by atoms with Crippen molar-refractivity contribution in [1.29, 1.82) is 0 Å². The Labute approximate surface area is 218 Å². The van der Waals surface area contributed by atoms with E-state index >= 15 is 0 Å². The molecule has 0 amide bonds. The topological polar surface area (TPSA) is 18.5 Å². The molecular weight excluding hydrogens is 513 g/mol. The molecule has 2 nitrogen and oxygen atoms in total. The van der Waals surface area contributed by atoms with Crippen molar-refractivity contribution in [1.82, 2.24) is 0 Å². The van der Waals surface area contributed by atoms with Gasteiger partial charge in [-0.25, -0.2) is 13.2 Å². The van der Waals surface area contributed by atoms with Crippen molar-refractivity contribution >= 4 is 0 Å². The summed E-state index contributed by atoms with van der Waals surface area (Å²) >= 11 is 0. The maximum absolute atomic E-state index is 15.0. The van der Waals surface area contributed by atoms with E-state index in [9.17, 15) is 30.7 Å². The number of benzene rings is 2. The first-order valence-corrected chi connectivity index (χ1v) is 13.3. The van der Waals surface area contributed by atoms with Crippen molar-refractivity contribution in [3.63, 3.8) is 0 Å². The van der Waals surface area contributed by atoms with Gasteiger partial charge in [0, 0.05) is 12.1 Å². The molecule has 38 heavy (non-hydrogen) atoms. The van der Waals surface area contributed by atoms with Crippen molar-refractivity contribution in [2.24, 2.45) is 11.8 Å². The van der Waals surface area contributed by atoms with Crippen LogP contribution in [0.3, 0.4) is 0 Å². The normalized spacial score (nSPS) is 24.8. The maximum Gasteiger partial charge on any atom is 0.400 e. The van der Waals surface area contributed by atoms with Crippen molar-refractivity contribution in [3.8, 4) is 5.75 Å². The largest absolute Gasteiger partial charge is 0.432 e. The van der Waals surface area contributed by atoms with Gasteiger partial charge in [0.2, 0.25) is 0 Å². The molecule has 0 saturated heterocycles. The Balaban J connectivity index is 1.26. The Morgan fingerprint density at radius 1 is 0.737 bits per heavy atom. The number of hydrogen-bond donors (Lipinski definition) is 0. The molecule has 0 aromatic heterocycles. The summed E-state index contributed by atoms with van der Waals surface area (Å²) in [6.07, 6.45) is -4.42. The average Bonchev–Trinajstić information content (AvgIpc) is 2.88. The van der Waals surface area contributed by atoms with Crippen LogP contribution in [0.25, 0.3) is 0 Å².